The highest BCUT2D eigenvalue weighted by Crippen LogP contribution is 2.32. The zero-order chi connectivity index (χ0) is 23.8. The van der Waals surface area contributed by atoms with Crippen LogP contribution in [0.2, 0.25) is 0 Å². The van der Waals surface area contributed by atoms with E-state index in [2.05, 4.69) is 16.0 Å². The Hall–Kier alpha value is -1.59. The maximum Gasteiger partial charge on any atom is 0.225 e. The molecule has 0 aromatic heterocycles. The second-order valence-electron chi connectivity index (χ2n) is 11.6. The second kappa shape index (κ2) is 12.9. The highest BCUT2D eigenvalue weighted by Gasteiger charge is 2.40. The molecule has 0 radical (unpaired) electrons. The summed E-state index contributed by atoms with van der Waals surface area (Å²) in [6, 6.07) is 0.321. The van der Waals surface area contributed by atoms with E-state index in [1.54, 1.807) is 0 Å². The number of nitrogens with one attached hydrogen (secondary N) is 3. The van der Waals surface area contributed by atoms with Crippen LogP contribution in [0.5, 0.6) is 0 Å². The Balaban J connectivity index is 1.38. The van der Waals surface area contributed by atoms with Gasteiger partial charge in [-0.15, -0.1) is 0 Å². The van der Waals surface area contributed by atoms with Crippen molar-refractivity contribution < 1.29 is 14.4 Å². The molecule has 192 valence electrons. The molecule has 3 atom stereocenters. The van der Waals surface area contributed by atoms with Crippen LogP contribution in [0.3, 0.4) is 0 Å². The number of amides is 3. The Morgan fingerprint density at radius 3 is 1.50 bits per heavy atom. The first-order chi connectivity index (χ1) is 16.6. The van der Waals surface area contributed by atoms with Gasteiger partial charge < -0.3 is 16.0 Å². The summed E-state index contributed by atoms with van der Waals surface area (Å²) in [5.74, 6) is 0.0504. The van der Waals surface area contributed by atoms with Crippen molar-refractivity contribution in [3.63, 3.8) is 0 Å². The first kappa shape index (κ1) is 25.5. The standard InChI is InChI=1S/C28H47N3O3/c32-26(20-11-5-3-6-12-20)31-25-19-21(27(33)29-22-13-7-1-2-8-14-22)17-18-24(25)28(34)30-23-15-9-4-10-16-23/h20-25H,1-19H2,(H,29,33)(H,30,34)(H,31,32). The summed E-state index contributed by atoms with van der Waals surface area (Å²) in [5, 5.41) is 9.90. The van der Waals surface area contributed by atoms with Gasteiger partial charge in [0.05, 0.1) is 5.92 Å². The van der Waals surface area contributed by atoms with Crippen molar-refractivity contribution in [3.8, 4) is 0 Å². The number of hydrogen-bond acceptors (Lipinski definition) is 3. The maximum atomic E-state index is 13.3. The van der Waals surface area contributed by atoms with Gasteiger partial charge in [0, 0.05) is 30.0 Å². The molecule has 4 fully saturated rings. The van der Waals surface area contributed by atoms with Gasteiger partial charge in [0.25, 0.3) is 0 Å². The van der Waals surface area contributed by atoms with Crippen molar-refractivity contribution in [2.75, 3.05) is 0 Å². The highest BCUT2D eigenvalue weighted by molar-refractivity contribution is 5.84. The Bertz CT molecular complexity index is 676. The molecule has 0 aromatic carbocycles. The third kappa shape index (κ3) is 7.21. The van der Waals surface area contributed by atoms with Gasteiger partial charge in [0.1, 0.15) is 0 Å². The lowest BCUT2D eigenvalue weighted by molar-refractivity contribution is -0.135. The topological polar surface area (TPSA) is 87.3 Å². The van der Waals surface area contributed by atoms with E-state index < -0.39 is 0 Å². The number of hydrogen-bond donors (Lipinski definition) is 3. The van der Waals surface area contributed by atoms with E-state index in [0.29, 0.717) is 12.8 Å². The molecule has 3 N–H and O–H groups in total. The van der Waals surface area contributed by atoms with Crippen LogP contribution in [0.25, 0.3) is 0 Å². The summed E-state index contributed by atoms with van der Waals surface area (Å²) in [5.41, 5.74) is 0. The largest absolute Gasteiger partial charge is 0.353 e. The normalized spacial score (nSPS) is 30.2. The van der Waals surface area contributed by atoms with Crippen LogP contribution < -0.4 is 16.0 Å². The molecule has 4 saturated carbocycles. The van der Waals surface area contributed by atoms with Crippen molar-refractivity contribution in [2.24, 2.45) is 17.8 Å². The fourth-order valence-corrected chi connectivity index (χ4v) is 6.85. The molecule has 6 heteroatoms. The average molecular weight is 474 g/mol. The first-order valence-corrected chi connectivity index (χ1v) is 14.5. The zero-order valence-corrected chi connectivity index (χ0v) is 21.1. The third-order valence-corrected chi connectivity index (χ3v) is 9.01. The lowest BCUT2D eigenvalue weighted by Crippen LogP contribution is -2.54. The quantitative estimate of drug-likeness (QED) is 0.486. The average Bonchev–Trinajstić information content (AvgIpc) is 3.13. The molecule has 6 nitrogen and oxygen atoms in total. The minimum Gasteiger partial charge on any atom is -0.353 e. The van der Waals surface area contributed by atoms with Crippen LogP contribution in [0, 0.1) is 17.8 Å². The van der Waals surface area contributed by atoms with Gasteiger partial charge in [0.2, 0.25) is 17.7 Å². The summed E-state index contributed by atoms with van der Waals surface area (Å²) in [6.07, 6.45) is 20.1. The maximum absolute atomic E-state index is 13.3. The zero-order valence-electron chi connectivity index (χ0n) is 21.1. The summed E-state index contributed by atoms with van der Waals surface area (Å²) >= 11 is 0. The fourth-order valence-electron chi connectivity index (χ4n) is 6.85. The molecule has 4 aliphatic carbocycles. The van der Waals surface area contributed by atoms with Gasteiger partial charge in [-0.05, 0) is 57.8 Å². The van der Waals surface area contributed by atoms with E-state index in [9.17, 15) is 14.4 Å². The molecular weight excluding hydrogens is 426 g/mol. The van der Waals surface area contributed by atoms with Crippen LogP contribution >= 0.6 is 0 Å². The van der Waals surface area contributed by atoms with Gasteiger partial charge in [-0.2, -0.15) is 0 Å². The molecule has 0 aromatic rings. The van der Waals surface area contributed by atoms with Crippen molar-refractivity contribution in [2.45, 2.75) is 140 Å². The summed E-state index contributed by atoms with van der Waals surface area (Å²) < 4.78 is 0. The van der Waals surface area contributed by atoms with E-state index in [-0.39, 0.29) is 53.6 Å². The monoisotopic (exact) mass is 473 g/mol. The van der Waals surface area contributed by atoms with Crippen molar-refractivity contribution >= 4 is 17.7 Å². The third-order valence-electron chi connectivity index (χ3n) is 9.01. The minimum absolute atomic E-state index is 0.0657. The minimum atomic E-state index is -0.239. The summed E-state index contributed by atoms with van der Waals surface area (Å²) in [4.78, 5) is 39.6. The molecule has 4 aliphatic rings. The van der Waals surface area contributed by atoms with E-state index >= 15 is 0 Å². The number of rotatable bonds is 6. The molecule has 0 heterocycles. The van der Waals surface area contributed by atoms with Crippen LogP contribution in [-0.2, 0) is 14.4 Å². The van der Waals surface area contributed by atoms with E-state index in [1.807, 2.05) is 0 Å². The molecule has 0 spiro atoms. The Morgan fingerprint density at radius 1 is 0.441 bits per heavy atom. The summed E-state index contributed by atoms with van der Waals surface area (Å²) in [7, 11) is 0. The predicted molar refractivity (Wildman–Crippen MR) is 134 cm³/mol. The van der Waals surface area contributed by atoms with E-state index in [1.165, 1.54) is 51.4 Å². The van der Waals surface area contributed by atoms with Crippen molar-refractivity contribution in [3.05, 3.63) is 0 Å². The molecule has 0 saturated heterocycles. The van der Waals surface area contributed by atoms with E-state index in [0.717, 1.165) is 57.8 Å². The second-order valence-corrected chi connectivity index (χ2v) is 11.6. The first-order valence-electron chi connectivity index (χ1n) is 14.5. The van der Waals surface area contributed by atoms with Crippen LogP contribution in [-0.4, -0.2) is 35.8 Å². The SMILES string of the molecule is O=C(NC1CCCCCC1)C1CCC(C(=O)NC2CCCCC2)C(NC(=O)C2CCCCC2)C1. The number of carbonyl (C=O) groups excluding carboxylic acids is 3. The van der Waals surface area contributed by atoms with Crippen molar-refractivity contribution in [1.82, 2.24) is 16.0 Å². The number of carbonyl (C=O) groups is 3. The predicted octanol–water partition coefficient (Wildman–Crippen LogP) is 4.76. The molecule has 3 unspecified atom stereocenters. The molecule has 34 heavy (non-hydrogen) atoms. The van der Waals surface area contributed by atoms with E-state index in [4.69, 9.17) is 0 Å². The Kier molecular flexibility index (Phi) is 9.69. The van der Waals surface area contributed by atoms with Gasteiger partial charge in [-0.3, -0.25) is 14.4 Å². The van der Waals surface area contributed by atoms with Gasteiger partial charge in [0.15, 0.2) is 0 Å². The Labute approximate surface area is 206 Å². The van der Waals surface area contributed by atoms with Crippen molar-refractivity contribution in [1.29, 1.82) is 0 Å². The highest BCUT2D eigenvalue weighted by atomic mass is 16.2. The smallest absolute Gasteiger partial charge is 0.225 e. The lowest BCUT2D eigenvalue weighted by Gasteiger charge is -2.37. The van der Waals surface area contributed by atoms with Crippen LogP contribution in [0.4, 0.5) is 0 Å². The van der Waals surface area contributed by atoms with Crippen LogP contribution in [0.1, 0.15) is 122 Å². The fraction of sp³-hybridized carbons (Fsp3) is 0.893. The van der Waals surface area contributed by atoms with Gasteiger partial charge in [-0.25, -0.2) is 0 Å². The molecular formula is C28H47N3O3. The van der Waals surface area contributed by atoms with Gasteiger partial charge >= 0.3 is 0 Å². The molecule has 3 amide bonds. The Morgan fingerprint density at radius 2 is 0.912 bits per heavy atom. The molecule has 4 rings (SSSR count). The van der Waals surface area contributed by atoms with Gasteiger partial charge in [-0.1, -0.05) is 64.2 Å². The molecule has 0 aliphatic heterocycles. The van der Waals surface area contributed by atoms with Crippen LogP contribution in [0.15, 0.2) is 0 Å². The molecule has 0 bridgehead atoms. The lowest BCUT2D eigenvalue weighted by atomic mass is 9.76. The summed E-state index contributed by atoms with van der Waals surface area (Å²) in [6.45, 7) is 0.